The molecule has 0 atom stereocenters. The Kier molecular flexibility index (Phi) is 3.94. The number of hydrogen-bond donors (Lipinski definition) is 0. The predicted molar refractivity (Wildman–Crippen MR) is 79.1 cm³/mol. The van der Waals surface area contributed by atoms with Crippen LogP contribution in [0.15, 0.2) is 28.7 Å². The van der Waals surface area contributed by atoms with Crippen molar-refractivity contribution in [3.05, 3.63) is 40.4 Å². The molecule has 0 unspecified atom stereocenters. The summed E-state index contributed by atoms with van der Waals surface area (Å²) in [5.41, 5.74) is 0.604. The molecule has 1 aromatic heterocycles. The van der Waals surface area contributed by atoms with Gasteiger partial charge in [-0.3, -0.25) is 0 Å². The Morgan fingerprint density at radius 3 is 2.35 bits per heavy atom. The number of benzene rings is 1. The van der Waals surface area contributed by atoms with Crippen LogP contribution in [0.4, 0.5) is 0 Å². The van der Waals surface area contributed by atoms with Crippen molar-refractivity contribution in [3.8, 4) is 5.69 Å². The van der Waals surface area contributed by atoms with Crippen molar-refractivity contribution < 1.29 is 9.53 Å². The maximum Gasteiger partial charge on any atom is 0.377 e. The highest BCUT2D eigenvalue weighted by Crippen LogP contribution is 2.24. The summed E-state index contributed by atoms with van der Waals surface area (Å²) in [5, 5.41) is 4.26. The summed E-state index contributed by atoms with van der Waals surface area (Å²) in [5.74, 6) is 0.243. The van der Waals surface area contributed by atoms with Crippen LogP contribution >= 0.6 is 15.9 Å². The van der Waals surface area contributed by atoms with Crippen LogP contribution in [0.2, 0.25) is 0 Å². The zero-order chi connectivity index (χ0) is 14.9. The molecule has 0 aliphatic heterocycles. The molecule has 0 aliphatic rings. The minimum Gasteiger partial charge on any atom is -0.463 e. The van der Waals surface area contributed by atoms with Gasteiger partial charge in [0, 0.05) is 9.89 Å². The molecule has 6 heteroatoms. The first kappa shape index (κ1) is 14.7. The fraction of sp³-hybridized carbons (Fsp3) is 0.357. The normalized spacial score (nSPS) is 11.4. The lowest BCUT2D eigenvalue weighted by atomic mass is 9.95. The van der Waals surface area contributed by atoms with Gasteiger partial charge < -0.3 is 4.74 Å². The van der Waals surface area contributed by atoms with Crippen LogP contribution in [-0.4, -0.2) is 27.8 Å². The third-order valence-corrected chi connectivity index (χ3v) is 3.25. The van der Waals surface area contributed by atoms with Crippen molar-refractivity contribution in [3.63, 3.8) is 0 Å². The third-order valence-electron chi connectivity index (χ3n) is 2.72. The Morgan fingerprint density at radius 2 is 1.85 bits per heavy atom. The lowest BCUT2D eigenvalue weighted by Crippen LogP contribution is -2.18. The van der Waals surface area contributed by atoms with Gasteiger partial charge in [0.2, 0.25) is 0 Å². The van der Waals surface area contributed by atoms with E-state index in [-0.39, 0.29) is 11.2 Å². The van der Waals surface area contributed by atoms with Crippen LogP contribution in [0.1, 0.15) is 37.2 Å². The highest BCUT2D eigenvalue weighted by Gasteiger charge is 2.26. The predicted octanol–water partition coefficient (Wildman–Crippen LogP) is 3.11. The molecule has 0 saturated heterocycles. The first-order valence-corrected chi connectivity index (χ1v) is 6.94. The molecular weight excluding hydrogens is 322 g/mol. The minimum atomic E-state index is -0.536. The average Bonchev–Trinajstić information content (AvgIpc) is 2.83. The molecule has 106 valence electrons. The van der Waals surface area contributed by atoms with E-state index < -0.39 is 5.97 Å². The lowest BCUT2D eigenvalue weighted by Gasteiger charge is -2.18. The van der Waals surface area contributed by atoms with Crippen molar-refractivity contribution in [2.45, 2.75) is 26.2 Å². The Balaban J connectivity index is 2.58. The van der Waals surface area contributed by atoms with Crippen molar-refractivity contribution in [1.82, 2.24) is 14.8 Å². The molecule has 2 rings (SSSR count). The second kappa shape index (κ2) is 5.36. The van der Waals surface area contributed by atoms with E-state index in [1.807, 2.05) is 45.0 Å². The number of halogens is 1. The average molecular weight is 338 g/mol. The van der Waals surface area contributed by atoms with E-state index >= 15 is 0 Å². The van der Waals surface area contributed by atoms with Gasteiger partial charge in [0.15, 0.2) is 0 Å². The molecule has 0 saturated carbocycles. The molecule has 0 N–H and O–H groups in total. The number of methoxy groups -OCH3 is 1. The van der Waals surface area contributed by atoms with E-state index in [0.29, 0.717) is 5.82 Å². The SMILES string of the molecule is COC(=O)c1nc(C(C)(C)C)n(-c2ccc(Br)cc2)n1. The highest BCUT2D eigenvalue weighted by atomic mass is 79.9. The van der Waals surface area contributed by atoms with Gasteiger partial charge in [-0.25, -0.2) is 14.5 Å². The largest absolute Gasteiger partial charge is 0.463 e. The molecule has 5 nitrogen and oxygen atoms in total. The molecule has 0 bridgehead atoms. The summed E-state index contributed by atoms with van der Waals surface area (Å²) in [6.45, 7) is 6.06. The molecule has 2 aromatic rings. The molecule has 0 spiro atoms. The maximum atomic E-state index is 11.6. The molecule has 1 aromatic carbocycles. The number of carbonyl (C=O) groups excluding carboxylic acids is 1. The van der Waals surface area contributed by atoms with Gasteiger partial charge in [0.25, 0.3) is 5.82 Å². The van der Waals surface area contributed by atoms with Crippen LogP contribution in [0, 0.1) is 0 Å². The summed E-state index contributed by atoms with van der Waals surface area (Å²) in [4.78, 5) is 15.9. The standard InChI is InChI=1S/C14H16BrN3O2/c1-14(2,3)13-16-11(12(19)20-4)17-18(13)10-7-5-9(15)6-8-10/h5-8H,1-4H3. The van der Waals surface area contributed by atoms with E-state index in [9.17, 15) is 4.79 Å². The van der Waals surface area contributed by atoms with Gasteiger partial charge in [-0.2, -0.15) is 0 Å². The number of nitrogens with zero attached hydrogens (tertiary/aromatic N) is 3. The summed E-state index contributed by atoms with van der Waals surface area (Å²) < 4.78 is 7.35. The number of carbonyl (C=O) groups is 1. The summed E-state index contributed by atoms with van der Waals surface area (Å²) in [7, 11) is 1.32. The molecule has 20 heavy (non-hydrogen) atoms. The van der Waals surface area contributed by atoms with E-state index in [2.05, 4.69) is 30.7 Å². The summed E-state index contributed by atoms with van der Waals surface area (Å²) in [6.07, 6.45) is 0. The van der Waals surface area contributed by atoms with Crippen molar-refractivity contribution in [2.75, 3.05) is 7.11 Å². The Hall–Kier alpha value is -1.69. The van der Waals surface area contributed by atoms with Crippen molar-refractivity contribution in [1.29, 1.82) is 0 Å². The quantitative estimate of drug-likeness (QED) is 0.790. The maximum absolute atomic E-state index is 11.6. The van der Waals surface area contributed by atoms with Crippen LogP contribution in [0.3, 0.4) is 0 Å². The number of aromatic nitrogens is 3. The lowest BCUT2D eigenvalue weighted by molar-refractivity contribution is 0.0587. The molecule has 0 fully saturated rings. The van der Waals surface area contributed by atoms with E-state index in [1.54, 1.807) is 4.68 Å². The Morgan fingerprint density at radius 1 is 1.25 bits per heavy atom. The summed E-state index contributed by atoms with van der Waals surface area (Å²) >= 11 is 3.40. The van der Waals surface area contributed by atoms with Gasteiger partial charge in [0.05, 0.1) is 12.8 Å². The van der Waals surface area contributed by atoms with E-state index in [1.165, 1.54) is 7.11 Å². The third kappa shape index (κ3) is 2.90. The number of rotatable bonds is 2. The van der Waals surface area contributed by atoms with Gasteiger partial charge in [-0.05, 0) is 24.3 Å². The minimum absolute atomic E-state index is 0.0698. The van der Waals surface area contributed by atoms with Gasteiger partial charge in [-0.1, -0.05) is 36.7 Å². The first-order valence-electron chi connectivity index (χ1n) is 6.14. The van der Waals surface area contributed by atoms with Gasteiger partial charge >= 0.3 is 5.97 Å². The van der Waals surface area contributed by atoms with E-state index in [4.69, 9.17) is 0 Å². The topological polar surface area (TPSA) is 57.0 Å². The zero-order valence-corrected chi connectivity index (χ0v) is 13.4. The number of ether oxygens (including phenoxy) is 1. The molecule has 0 aliphatic carbocycles. The molecule has 1 heterocycles. The van der Waals surface area contributed by atoms with Gasteiger partial charge in [0.1, 0.15) is 5.82 Å². The smallest absolute Gasteiger partial charge is 0.377 e. The Bertz CT molecular complexity index is 627. The molecular formula is C14H16BrN3O2. The fourth-order valence-corrected chi connectivity index (χ4v) is 2.00. The first-order chi connectivity index (χ1) is 9.32. The Labute approximate surface area is 126 Å². The van der Waals surface area contributed by atoms with Crippen molar-refractivity contribution >= 4 is 21.9 Å². The number of hydrogen-bond acceptors (Lipinski definition) is 4. The van der Waals surface area contributed by atoms with Crippen LogP contribution in [-0.2, 0) is 10.2 Å². The molecule has 0 radical (unpaired) electrons. The zero-order valence-electron chi connectivity index (χ0n) is 11.8. The second-order valence-electron chi connectivity index (χ2n) is 5.39. The highest BCUT2D eigenvalue weighted by molar-refractivity contribution is 9.10. The van der Waals surface area contributed by atoms with Gasteiger partial charge in [-0.15, -0.1) is 5.10 Å². The van der Waals surface area contributed by atoms with Crippen LogP contribution < -0.4 is 0 Å². The van der Waals surface area contributed by atoms with E-state index in [0.717, 1.165) is 10.2 Å². The summed E-state index contributed by atoms with van der Waals surface area (Å²) in [6, 6.07) is 7.66. The van der Waals surface area contributed by atoms with Crippen LogP contribution in [0.5, 0.6) is 0 Å². The van der Waals surface area contributed by atoms with Crippen molar-refractivity contribution in [2.24, 2.45) is 0 Å². The molecule has 0 amide bonds. The van der Waals surface area contributed by atoms with Crippen LogP contribution in [0.25, 0.3) is 5.69 Å². The second-order valence-corrected chi connectivity index (χ2v) is 6.30. The fourth-order valence-electron chi connectivity index (χ4n) is 1.74. The number of esters is 1. The monoisotopic (exact) mass is 337 g/mol.